The number of nitrogens with zero attached hydrogens (tertiary/aromatic N) is 1. The zero-order valence-corrected chi connectivity index (χ0v) is 18.8. The first-order valence-corrected chi connectivity index (χ1v) is 11.0. The lowest BCUT2D eigenvalue weighted by molar-refractivity contribution is -0.125. The molecule has 0 radical (unpaired) electrons. The van der Waals surface area contributed by atoms with Crippen LogP contribution in [0.5, 0.6) is 17.2 Å². The molecule has 170 valence electrons. The number of benzene rings is 2. The summed E-state index contributed by atoms with van der Waals surface area (Å²) in [5.74, 6) is 2.01. The molecule has 7 heteroatoms. The van der Waals surface area contributed by atoms with Crippen molar-refractivity contribution < 1.29 is 23.8 Å². The number of nitrogens with one attached hydrogen (secondary N) is 1. The molecule has 4 rings (SSSR count). The number of ether oxygens (including phenoxy) is 3. The number of rotatable bonds is 8. The van der Waals surface area contributed by atoms with Crippen molar-refractivity contribution in [1.29, 1.82) is 0 Å². The Bertz CT molecular complexity index is 971. The van der Waals surface area contributed by atoms with Gasteiger partial charge in [-0.2, -0.15) is 0 Å². The molecular formula is C25H30N2O5. The van der Waals surface area contributed by atoms with E-state index in [-0.39, 0.29) is 23.7 Å². The summed E-state index contributed by atoms with van der Waals surface area (Å²) in [6, 6.07) is 12.7. The van der Waals surface area contributed by atoms with Crippen LogP contribution in [0.15, 0.2) is 42.5 Å². The van der Waals surface area contributed by atoms with Crippen LogP contribution in [0.3, 0.4) is 0 Å². The first kappa shape index (κ1) is 22.0. The third-order valence-electron chi connectivity index (χ3n) is 6.38. The highest BCUT2D eigenvalue weighted by atomic mass is 16.5. The predicted octanol–water partition coefficient (Wildman–Crippen LogP) is 3.09. The molecule has 2 atom stereocenters. The second kappa shape index (κ2) is 9.51. The summed E-state index contributed by atoms with van der Waals surface area (Å²) in [5, 5.41) is 3.10. The zero-order valence-electron chi connectivity index (χ0n) is 18.8. The lowest BCUT2D eigenvalue weighted by atomic mass is 9.87. The van der Waals surface area contributed by atoms with Crippen molar-refractivity contribution in [1.82, 2.24) is 10.2 Å². The molecule has 1 saturated heterocycles. The molecule has 2 fully saturated rings. The van der Waals surface area contributed by atoms with Crippen LogP contribution in [-0.4, -0.2) is 57.7 Å². The Morgan fingerprint density at radius 2 is 1.62 bits per heavy atom. The molecule has 0 bridgehead atoms. The largest absolute Gasteiger partial charge is 0.497 e. The van der Waals surface area contributed by atoms with Gasteiger partial charge in [-0.3, -0.25) is 9.59 Å². The average molecular weight is 439 g/mol. The van der Waals surface area contributed by atoms with Crippen molar-refractivity contribution in [2.24, 2.45) is 11.8 Å². The lowest BCUT2D eigenvalue weighted by Gasteiger charge is -2.21. The zero-order chi connectivity index (χ0) is 22.7. The fourth-order valence-electron chi connectivity index (χ4n) is 4.29. The quantitative estimate of drug-likeness (QED) is 0.685. The van der Waals surface area contributed by atoms with Gasteiger partial charge in [-0.1, -0.05) is 6.07 Å². The molecule has 2 aliphatic rings. The molecule has 7 nitrogen and oxygen atoms in total. The third-order valence-corrected chi connectivity index (χ3v) is 6.38. The Balaban J connectivity index is 1.59. The normalized spacial score (nSPS) is 20.0. The van der Waals surface area contributed by atoms with Gasteiger partial charge in [0, 0.05) is 42.7 Å². The smallest absolute Gasteiger partial charge is 0.253 e. The number of hydrogen-bond donors (Lipinski definition) is 1. The lowest BCUT2D eigenvalue weighted by Crippen LogP contribution is -2.36. The molecule has 1 saturated carbocycles. The highest BCUT2D eigenvalue weighted by Crippen LogP contribution is 2.40. The maximum absolute atomic E-state index is 13.2. The van der Waals surface area contributed by atoms with E-state index in [4.69, 9.17) is 14.2 Å². The van der Waals surface area contributed by atoms with Gasteiger partial charge in [-0.05, 0) is 49.1 Å². The number of carbonyl (C=O) groups excluding carboxylic acids is 2. The van der Waals surface area contributed by atoms with Crippen LogP contribution in [0.1, 0.15) is 34.7 Å². The first-order valence-electron chi connectivity index (χ1n) is 11.0. The van der Waals surface area contributed by atoms with E-state index in [9.17, 15) is 9.59 Å². The van der Waals surface area contributed by atoms with Crippen molar-refractivity contribution in [3.05, 3.63) is 53.6 Å². The van der Waals surface area contributed by atoms with Crippen LogP contribution < -0.4 is 19.5 Å². The minimum Gasteiger partial charge on any atom is -0.497 e. The molecule has 1 aliphatic heterocycles. The van der Waals surface area contributed by atoms with E-state index in [1.165, 1.54) is 12.8 Å². The van der Waals surface area contributed by atoms with Gasteiger partial charge >= 0.3 is 0 Å². The number of methoxy groups -OCH3 is 3. The second-order valence-electron chi connectivity index (χ2n) is 8.45. The molecule has 1 N–H and O–H groups in total. The van der Waals surface area contributed by atoms with E-state index in [2.05, 4.69) is 5.32 Å². The Morgan fingerprint density at radius 1 is 0.938 bits per heavy atom. The van der Waals surface area contributed by atoms with Crippen LogP contribution in [0.2, 0.25) is 0 Å². The van der Waals surface area contributed by atoms with Crippen molar-refractivity contribution >= 4 is 11.8 Å². The van der Waals surface area contributed by atoms with Crippen LogP contribution >= 0.6 is 0 Å². The van der Waals surface area contributed by atoms with E-state index < -0.39 is 0 Å². The van der Waals surface area contributed by atoms with E-state index >= 15 is 0 Å². The van der Waals surface area contributed by atoms with Crippen molar-refractivity contribution in [3.8, 4) is 17.2 Å². The van der Waals surface area contributed by atoms with Crippen molar-refractivity contribution in [2.75, 3.05) is 41.0 Å². The summed E-state index contributed by atoms with van der Waals surface area (Å²) in [6.07, 6.45) is 2.34. The van der Waals surface area contributed by atoms with Crippen LogP contribution in [0.4, 0.5) is 0 Å². The minimum absolute atomic E-state index is 0.00944. The topological polar surface area (TPSA) is 77.1 Å². The molecule has 2 aromatic carbocycles. The fraction of sp³-hybridized carbons (Fsp3) is 0.440. The van der Waals surface area contributed by atoms with E-state index in [0.717, 1.165) is 5.56 Å². The second-order valence-corrected chi connectivity index (χ2v) is 8.45. The molecule has 1 heterocycles. The summed E-state index contributed by atoms with van der Waals surface area (Å²) in [6.45, 7) is 1.50. The number of hydrogen-bond acceptors (Lipinski definition) is 5. The average Bonchev–Trinajstić information content (AvgIpc) is 3.57. The monoisotopic (exact) mass is 438 g/mol. The number of carbonyl (C=O) groups is 2. The molecule has 32 heavy (non-hydrogen) atoms. The molecular weight excluding hydrogens is 408 g/mol. The third kappa shape index (κ3) is 4.66. The molecule has 2 aromatic rings. The Morgan fingerprint density at radius 3 is 2.25 bits per heavy atom. The highest BCUT2D eigenvalue weighted by Gasteiger charge is 2.42. The summed E-state index contributed by atoms with van der Waals surface area (Å²) in [5.41, 5.74) is 1.48. The summed E-state index contributed by atoms with van der Waals surface area (Å²) in [7, 11) is 4.80. The summed E-state index contributed by atoms with van der Waals surface area (Å²) >= 11 is 0. The van der Waals surface area contributed by atoms with Crippen LogP contribution in [0.25, 0.3) is 0 Å². The van der Waals surface area contributed by atoms with Gasteiger partial charge < -0.3 is 24.4 Å². The van der Waals surface area contributed by atoms with Gasteiger partial charge in [0.25, 0.3) is 5.91 Å². The Hall–Kier alpha value is -3.22. The maximum Gasteiger partial charge on any atom is 0.253 e. The Labute approximate surface area is 188 Å². The van der Waals surface area contributed by atoms with Crippen LogP contribution in [-0.2, 0) is 4.79 Å². The molecule has 0 spiro atoms. The van der Waals surface area contributed by atoms with E-state index in [1.807, 2.05) is 18.2 Å². The van der Waals surface area contributed by atoms with Gasteiger partial charge in [0.15, 0.2) is 0 Å². The maximum atomic E-state index is 13.2. The molecule has 2 amide bonds. The predicted molar refractivity (Wildman–Crippen MR) is 120 cm³/mol. The number of amides is 2. The molecule has 2 unspecified atom stereocenters. The van der Waals surface area contributed by atoms with Gasteiger partial charge in [-0.25, -0.2) is 0 Å². The van der Waals surface area contributed by atoms with Gasteiger partial charge in [0.2, 0.25) is 5.91 Å². The van der Waals surface area contributed by atoms with Crippen molar-refractivity contribution in [3.63, 3.8) is 0 Å². The van der Waals surface area contributed by atoms with E-state index in [0.29, 0.717) is 48.4 Å². The first-order chi connectivity index (χ1) is 15.5. The van der Waals surface area contributed by atoms with Gasteiger partial charge in [-0.15, -0.1) is 0 Å². The molecule has 0 aromatic heterocycles. The minimum atomic E-state index is -0.349. The number of likely N-dealkylation sites (tertiary alicyclic amines) is 1. The van der Waals surface area contributed by atoms with E-state index in [1.54, 1.807) is 50.5 Å². The SMILES string of the molecule is COc1ccc(C(=O)N2CC(C(=O)NCC3CC3)C(c3ccc(OC)cc3OC)C2)cc1. The van der Waals surface area contributed by atoms with Gasteiger partial charge in [0.05, 0.1) is 27.2 Å². The standard InChI is InChI=1S/C25H30N2O5/c1-30-18-8-6-17(7-9-18)25(29)27-14-21(20-11-10-19(31-2)12-23(20)32-3)22(15-27)24(28)26-13-16-4-5-16/h6-12,16,21-22H,4-5,13-15H2,1-3H3,(H,26,28). The van der Waals surface area contributed by atoms with Gasteiger partial charge in [0.1, 0.15) is 17.2 Å². The summed E-state index contributed by atoms with van der Waals surface area (Å²) in [4.78, 5) is 28.1. The Kier molecular flexibility index (Phi) is 6.53. The highest BCUT2D eigenvalue weighted by molar-refractivity contribution is 5.95. The fourth-order valence-corrected chi connectivity index (χ4v) is 4.29. The van der Waals surface area contributed by atoms with Crippen LogP contribution in [0, 0.1) is 11.8 Å². The molecule has 1 aliphatic carbocycles. The summed E-state index contributed by atoms with van der Waals surface area (Å²) < 4.78 is 16.1. The van der Waals surface area contributed by atoms with Crippen molar-refractivity contribution in [2.45, 2.75) is 18.8 Å².